The number of ether oxygens (including phenoxy) is 1. The maximum Gasteiger partial charge on any atom is 0.333 e. The van der Waals surface area contributed by atoms with Crippen LogP contribution in [-0.2, 0) is 9.53 Å². The van der Waals surface area contributed by atoms with Crippen LogP contribution in [0.15, 0.2) is 12.2 Å². The molecule has 1 heterocycles. The topological polar surface area (TPSA) is 61.4 Å². The molecule has 5 nitrogen and oxygen atoms in total. The van der Waals surface area contributed by atoms with Crippen molar-refractivity contribution in [2.75, 3.05) is 32.9 Å². The fraction of sp³-hybridized carbons (Fsp3) is 0.667. The van der Waals surface area contributed by atoms with E-state index in [9.17, 15) is 10.0 Å². The molecule has 0 aromatic carbocycles. The molecule has 0 saturated carbocycles. The van der Waals surface area contributed by atoms with Crippen molar-refractivity contribution >= 4 is 5.97 Å². The summed E-state index contributed by atoms with van der Waals surface area (Å²) >= 11 is 0. The summed E-state index contributed by atoms with van der Waals surface area (Å²) in [6.45, 7) is 7.20. The van der Waals surface area contributed by atoms with Crippen molar-refractivity contribution in [2.24, 2.45) is 0 Å². The third kappa shape index (κ3) is 3.10. The highest BCUT2D eigenvalue weighted by Gasteiger charge is 2.22. The Hall–Kier alpha value is -0.910. The van der Waals surface area contributed by atoms with E-state index in [1.807, 2.05) is 0 Å². The lowest BCUT2D eigenvalue weighted by molar-refractivity contribution is -0.868. The SMILES string of the molecule is C=C(C)C(=O)OCC[N+]1([O-])CCNC1. The van der Waals surface area contributed by atoms with Crippen LogP contribution in [0.1, 0.15) is 6.92 Å². The molecule has 1 N–H and O–H groups in total. The van der Waals surface area contributed by atoms with Gasteiger partial charge in [0.05, 0.1) is 13.1 Å². The quantitative estimate of drug-likeness (QED) is 0.300. The highest BCUT2D eigenvalue weighted by atomic mass is 16.6. The van der Waals surface area contributed by atoms with Crippen molar-refractivity contribution < 1.29 is 14.2 Å². The molecule has 0 radical (unpaired) electrons. The maximum atomic E-state index is 11.7. The van der Waals surface area contributed by atoms with Gasteiger partial charge in [-0.1, -0.05) is 6.58 Å². The van der Waals surface area contributed by atoms with Gasteiger partial charge in [-0.2, -0.15) is 0 Å². The Balaban J connectivity index is 2.20. The molecular formula is C9H16N2O3. The van der Waals surface area contributed by atoms with E-state index in [4.69, 9.17) is 4.74 Å². The van der Waals surface area contributed by atoms with Crippen molar-refractivity contribution in [1.82, 2.24) is 5.32 Å². The molecule has 1 aliphatic rings. The van der Waals surface area contributed by atoms with Crippen molar-refractivity contribution in [3.8, 4) is 0 Å². The number of hydrogen-bond acceptors (Lipinski definition) is 4. The van der Waals surface area contributed by atoms with Gasteiger partial charge in [0.25, 0.3) is 0 Å². The Morgan fingerprint density at radius 3 is 2.93 bits per heavy atom. The normalized spacial score (nSPS) is 26.1. The van der Waals surface area contributed by atoms with E-state index in [2.05, 4.69) is 11.9 Å². The Morgan fingerprint density at radius 2 is 2.43 bits per heavy atom. The van der Waals surface area contributed by atoms with Crippen LogP contribution in [0.5, 0.6) is 0 Å². The van der Waals surface area contributed by atoms with Crippen LogP contribution >= 0.6 is 0 Å². The van der Waals surface area contributed by atoms with Gasteiger partial charge in [0.2, 0.25) is 0 Å². The van der Waals surface area contributed by atoms with Crippen molar-refractivity contribution in [1.29, 1.82) is 0 Å². The molecule has 14 heavy (non-hydrogen) atoms. The molecule has 80 valence electrons. The van der Waals surface area contributed by atoms with Crippen LogP contribution in [0.2, 0.25) is 0 Å². The number of nitrogens with zero attached hydrogens (tertiary/aromatic N) is 1. The number of quaternary nitrogens is 1. The second-order valence-corrected chi connectivity index (χ2v) is 3.58. The molecule has 1 unspecified atom stereocenters. The molecule has 0 aromatic rings. The first-order valence-corrected chi connectivity index (χ1v) is 4.64. The first kappa shape index (κ1) is 11.2. The Morgan fingerprint density at radius 1 is 1.71 bits per heavy atom. The van der Waals surface area contributed by atoms with Gasteiger partial charge >= 0.3 is 5.97 Å². The number of carbonyl (C=O) groups is 1. The van der Waals surface area contributed by atoms with E-state index in [1.54, 1.807) is 6.92 Å². The highest BCUT2D eigenvalue weighted by Crippen LogP contribution is 2.06. The van der Waals surface area contributed by atoms with Gasteiger partial charge in [-0.05, 0) is 6.92 Å². The fourth-order valence-corrected chi connectivity index (χ4v) is 1.26. The summed E-state index contributed by atoms with van der Waals surface area (Å²) in [5.41, 5.74) is 0.363. The largest absolute Gasteiger partial charge is 0.632 e. The Labute approximate surface area is 83.5 Å². The minimum atomic E-state index is -0.427. The molecule has 1 atom stereocenters. The van der Waals surface area contributed by atoms with E-state index < -0.39 is 5.97 Å². The van der Waals surface area contributed by atoms with E-state index in [-0.39, 0.29) is 11.3 Å². The standard InChI is InChI=1S/C9H16N2O3/c1-8(2)9(12)14-6-5-11(13)4-3-10-7-11/h10H,1,3-7H2,2H3. The lowest BCUT2D eigenvalue weighted by Crippen LogP contribution is -2.43. The average Bonchev–Trinajstić information content (AvgIpc) is 2.52. The van der Waals surface area contributed by atoms with Crippen LogP contribution in [0.25, 0.3) is 0 Å². The molecular weight excluding hydrogens is 184 g/mol. The zero-order valence-corrected chi connectivity index (χ0v) is 8.41. The van der Waals surface area contributed by atoms with Crippen LogP contribution in [0.3, 0.4) is 0 Å². The molecule has 0 aliphatic carbocycles. The van der Waals surface area contributed by atoms with E-state index in [0.29, 0.717) is 25.3 Å². The van der Waals surface area contributed by atoms with Gasteiger partial charge in [0.1, 0.15) is 19.8 Å². The Bertz CT molecular complexity index is 234. The molecule has 1 fully saturated rings. The highest BCUT2D eigenvalue weighted by molar-refractivity contribution is 5.86. The number of carbonyl (C=O) groups excluding carboxylic acids is 1. The second kappa shape index (κ2) is 4.54. The second-order valence-electron chi connectivity index (χ2n) is 3.58. The molecule has 0 aromatic heterocycles. The van der Waals surface area contributed by atoms with Crippen LogP contribution in [0, 0.1) is 5.21 Å². The first-order valence-electron chi connectivity index (χ1n) is 4.64. The van der Waals surface area contributed by atoms with Crippen molar-refractivity contribution in [3.63, 3.8) is 0 Å². The lowest BCUT2D eigenvalue weighted by Gasteiger charge is -2.36. The van der Waals surface area contributed by atoms with Gasteiger partial charge in [-0.3, -0.25) is 5.32 Å². The number of esters is 1. The zero-order valence-electron chi connectivity index (χ0n) is 8.41. The smallest absolute Gasteiger partial charge is 0.333 e. The van der Waals surface area contributed by atoms with Crippen molar-refractivity contribution in [3.05, 3.63) is 17.4 Å². The van der Waals surface area contributed by atoms with Gasteiger partial charge in [0, 0.05) is 5.57 Å². The van der Waals surface area contributed by atoms with Crippen LogP contribution < -0.4 is 5.32 Å². The van der Waals surface area contributed by atoms with Crippen LogP contribution in [-0.4, -0.2) is 43.5 Å². The van der Waals surface area contributed by atoms with Crippen molar-refractivity contribution in [2.45, 2.75) is 6.92 Å². The maximum absolute atomic E-state index is 11.7. The number of rotatable bonds is 4. The molecule has 0 amide bonds. The summed E-state index contributed by atoms with van der Waals surface area (Å²) in [6, 6.07) is 0. The first-order chi connectivity index (χ1) is 6.53. The molecule has 1 saturated heterocycles. The number of hydrogen-bond donors (Lipinski definition) is 1. The van der Waals surface area contributed by atoms with Gasteiger partial charge < -0.3 is 14.6 Å². The Kier molecular flexibility index (Phi) is 3.62. The molecule has 0 spiro atoms. The van der Waals surface area contributed by atoms with E-state index >= 15 is 0 Å². The van der Waals surface area contributed by atoms with Gasteiger partial charge in [0.15, 0.2) is 0 Å². The molecule has 0 bridgehead atoms. The average molecular weight is 200 g/mol. The predicted octanol–water partition coefficient (Wildman–Crippen LogP) is -0.0190. The summed E-state index contributed by atoms with van der Waals surface area (Å²) in [5.74, 6) is -0.427. The summed E-state index contributed by atoms with van der Waals surface area (Å²) in [4.78, 5) is 11.0. The van der Waals surface area contributed by atoms with Gasteiger partial charge in [-0.15, -0.1) is 0 Å². The van der Waals surface area contributed by atoms with Crippen LogP contribution in [0.4, 0.5) is 0 Å². The third-order valence-electron chi connectivity index (χ3n) is 2.18. The lowest BCUT2D eigenvalue weighted by atomic mass is 10.4. The minimum absolute atomic E-state index is 0.164. The molecule has 1 rings (SSSR count). The molecule has 5 heteroatoms. The fourth-order valence-electron chi connectivity index (χ4n) is 1.26. The monoisotopic (exact) mass is 200 g/mol. The zero-order chi connectivity index (χ0) is 10.6. The molecule has 1 aliphatic heterocycles. The summed E-state index contributed by atoms with van der Waals surface area (Å²) < 4.78 is 4.53. The van der Waals surface area contributed by atoms with E-state index in [1.165, 1.54) is 0 Å². The number of nitrogens with one attached hydrogen (secondary N) is 1. The summed E-state index contributed by atoms with van der Waals surface area (Å²) in [6.07, 6.45) is 0. The van der Waals surface area contributed by atoms with Gasteiger partial charge in [-0.25, -0.2) is 4.79 Å². The minimum Gasteiger partial charge on any atom is -0.632 e. The summed E-state index contributed by atoms with van der Waals surface area (Å²) in [5, 5.41) is 14.7. The third-order valence-corrected chi connectivity index (χ3v) is 2.18. The summed E-state index contributed by atoms with van der Waals surface area (Å²) in [7, 11) is 0. The predicted molar refractivity (Wildman–Crippen MR) is 52.0 cm³/mol. The van der Waals surface area contributed by atoms with E-state index in [0.717, 1.165) is 6.54 Å². The number of hydroxylamine groups is 3.